The predicted molar refractivity (Wildman–Crippen MR) is 132 cm³/mol. The van der Waals surface area contributed by atoms with Gasteiger partial charge < -0.3 is 19.8 Å². The summed E-state index contributed by atoms with van der Waals surface area (Å²) >= 11 is 0. The summed E-state index contributed by atoms with van der Waals surface area (Å²) in [5.74, 6) is 1.72. The van der Waals surface area contributed by atoms with Gasteiger partial charge in [-0.1, -0.05) is 30.3 Å². The number of hydrogen-bond acceptors (Lipinski definition) is 5. The number of nitrogens with zero attached hydrogens (tertiary/aromatic N) is 1. The summed E-state index contributed by atoms with van der Waals surface area (Å²) in [5, 5.41) is 4.51. The van der Waals surface area contributed by atoms with Gasteiger partial charge in [0, 0.05) is 48.6 Å². The van der Waals surface area contributed by atoms with E-state index in [1.165, 1.54) is 12.8 Å². The number of rotatable bonds is 10. The van der Waals surface area contributed by atoms with Crippen molar-refractivity contribution >= 4 is 22.7 Å². The van der Waals surface area contributed by atoms with Crippen LogP contribution in [0.3, 0.4) is 0 Å². The molecule has 1 unspecified atom stereocenters. The smallest absolute Gasteiger partial charge is 0.306 e. The monoisotopic (exact) mass is 447 g/mol. The van der Waals surface area contributed by atoms with Crippen molar-refractivity contribution in [3.05, 3.63) is 65.9 Å². The number of carbonyl (C=O) groups excluding carboxylic acids is 1. The van der Waals surface area contributed by atoms with Crippen LogP contribution in [0.25, 0.3) is 10.9 Å². The van der Waals surface area contributed by atoms with Crippen LogP contribution >= 0.6 is 0 Å². The fraction of sp³-hybridized carbons (Fsp3) is 0.407. The number of aliphatic imine (C=N–C) groups is 1. The lowest BCUT2D eigenvalue weighted by atomic mass is 9.88. The fourth-order valence-corrected chi connectivity index (χ4v) is 4.32. The van der Waals surface area contributed by atoms with E-state index in [4.69, 9.17) is 9.47 Å². The zero-order chi connectivity index (χ0) is 22.9. The molecule has 174 valence electrons. The number of carbonyl (C=O) groups is 1. The molecule has 0 radical (unpaired) electrons. The molecule has 0 saturated heterocycles. The molecule has 0 fully saturated rings. The van der Waals surface area contributed by atoms with Crippen LogP contribution < -0.4 is 10.1 Å². The zero-order valence-electron chi connectivity index (χ0n) is 19.3. The minimum Gasteiger partial charge on any atom is -0.493 e. The largest absolute Gasteiger partial charge is 0.493 e. The van der Waals surface area contributed by atoms with Crippen molar-refractivity contribution in [2.75, 3.05) is 26.3 Å². The first-order valence-corrected chi connectivity index (χ1v) is 12.0. The highest BCUT2D eigenvalue weighted by atomic mass is 16.5. The molecule has 1 atom stereocenters. The minimum atomic E-state index is -0.187. The summed E-state index contributed by atoms with van der Waals surface area (Å²) in [6.45, 7) is 4.69. The molecule has 0 amide bonds. The highest BCUT2D eigenvalue weighted by Gasteiger charge is 2.22. The Kier molecular flexibility index (Phi) is 8.01. The number of amidine groups is 1. The number of esters is 1. The van der Waals surface area contributed by atoms with Crippen molar-refractivity contribution in [1.82, 2.24) is 10.3 Å². The van der Waals surface area contributed by atoms with E-state index < -0.39 is 0 Å². The van der Waals surface area contributed by atoms with Gasteiger partial charge in [0.1, 0.15) is 5.75 Å². The number of nitrogens with one attached hydrogen (secondary N) is 2. The molecule has 1 aromatic heterocycles. The number of H-pyrrole nitrogens is 1. The highest BCUT2D eigenvalue weighted by Crippen LogP contribution is 2.35. The van der Waals surface area contributed by atoms with Crippen molar-refractivity contribution in [3.63, 3.8) is 0 Å². The highest BCUT2D eigenvalue weighted by molar-refractivity contribution is 5.86. The van der Waals surface area contributed by atoms with Gasteiger partial charge in [0.2, 0.25) is 0 Å². The number of fused-ring (bicyclic) bond motifs is 1. The van der Waals surface area contributed by atoms with Crippen LogP contribution in [0.4, 0.5) is 0 Å². The Morgan fingerprint density at radius 1 is 1.18 bits per heavy atom. The van der Waals surface area contributed by atoms with E-state index in [1.54, 1.807) is 0 Å². The number of aromatic amines is 1. The Hall–Kier alpha value is -3.28. The average molecular weight is 448 g/mol. The summed E-state index contributed by atoms with van der Waals surface area (Å²) in [6.07, 6.45) is 6.72. The SMILES string of the molecule is CCOC(=O)CC(c1ccccc1)c1c[nH]c2cc(OCCCNC3=NCCCC3)ccc12. The first-order chi connectivity index (χ1) is 16.2. The van der Waals surface area contributed by atoms with E-state index >= 15 is 0 Å². The second-order valence-corrected chi connectivity index (χ2v) is 8.34. The molecule has 2 aromatic carbocycles. The van der Waals surface area contributed by atoms with Gasteiger partial charge in [-0.05, 0) is 49.4 Å². The quantitative estimate of drug-likeness (QED) is 0.331. The molecule has 6 nitrogen and oxygen atoms in total. The van der Waals surface area contributed by atoms with Crippen molar-refractivity contribution in [1.29, 1.82) is 0 Å². The molecule has 0 bridgehead atoms. The van der Waals surface area contributed by atoms with Gasteiger partial charge in [-0.15, -0.1) is 0 Å². The van der Waals surface area contributed by atoms with Crippen LogP contribution in [-0.2, 0) is 9.53 Å². The maximum absolute atomic E-state index is 12.3. The number of ether oxygens (including phenoxy) is 2. The molecule has 0 aliphatic carbocycles. The third kappa shape index (κ3) is 6.15. The van der Waals surface area contributed by atoms with E-state index in [0.717, 1.165) is 59.5 Å². The van der Waals surface area contributed by atoms with Crippen LogP contribution in [-0.4, -0.2) is 43.1 Å². The van der Waals surface area contributed by atoms with Gasteiger partial charge in [0.05, 0.1) is 25.5 Å². The van der Waals surface area contributed by atoms with Crippen LogP contribution in [0.5, 0.6) is 5.75 Å². The van der Waals surface area contributed by atoms with E-state index in [-0.39, 0.29) is 11.9 Å². The van der Waals surface area contributed by atoms with Crippen molar-refractivity contribution in [2.45, 2.75) is 44.9 Å². The van der Waals surface area contributed by atoms with E-state index in [0.29, 0.717) is 19.6 Å². The summed E-state index contributed by atoms with van der Waals surface area (Å²) in [4.78, 5) is 20.2. The normalized spacial score (nSPS) is 14.5. The maximum atomic E-state index is 12.3. The van der Waals surface area contributed by atoms with Crippen LogP contribution in [0.2, 0.25) is 0 Å². The summed E-state index contributed by atoms with van der Waals surface area (Å²) in [5.41, 5.74) is 3.19. The fourth-order valence-electron chi connectivity index (χ4n) is 4.32. The van der Waals surface area contributed by atoms with Crippen LogP contribution in [0.15, 0.2) is 59.7 Å². The average Bonchev–Trinajstić information content (AvgIpc) is 3.27. The van der Waals surface area contributed by atoms with Crippen LogP contribution in [0, 0.1) is 0 Å². The zero-order valence-corrected chi connectivity index (χ0v) is 19.3. The van der Waals surface area contributed by atoms with Crippen LogP contribution in [0.1, 0.15) is 56.1 Å². The number of benzene rings is 2. The molecule has 3 aromatic rings. The van der Waals surface area contributed by atoms with Gasteiger partial charge in [0.25, 0.3) is 0 Å². The lowest BCUT2D eigenvalue weighted by molar-refractivity contribution is -0.143. The molecule has 33 heavy (non-hydrogen) atoms. The molecule has 1 aliphatic rings. The first kappa shape index (κ1) is 22.9. The number of aromatic nitrogens is 1. The molecular formula is C27H33N3O3. The minimum absolute atomic E-state index is 0.0699. The lowest BCUT2D eigenvalue weighted by Crippen LogP contribution is -2.27. The van der Waals surface area contributed by atoms with E-state index in [2.05, 4.69) is 33.5 Å². The third-order valence-electron chi connectivity index (χ3n) is 5.98. The van der Waals surface area contributed by atoms with Gasteiger partial charge in [0.15, 0.2) is 0 Å². The second kappa shape index (κ2) is 11.5. The van der Waals surface area contributed by atoms with Gasteiger partial charge in [-0.2, -0.15) is 0 Å². The molecule has 4 rings (SSSR count). The summed E-state index contributed by atoms with van der Waals surface area (Å²) in [7, 11) is 0. The topological polar surface area (TPSA) is 75.7 Å². The Balaban J connectivity index is 1.41. The Morgan fingerprint density at radius 2 is 2.06 bits per heavy atom. The van der Waals surface area contributed by atoms with Gasteiger partial charge >= 0.3 is 5.97 Å². The molecule has 1 aliphatic heterocycles. The maximum Gasteiger partial charge on any atom is 0.306 e. The Morgan fingerprint density at radius 3 is 2.85 bits per heavy atom. The molecule has 2 N–H and O–H groups in total. The van der Waals surface area contributed by atoms with E-state index in [9.17, 15) is 4.79 Å². The summed E-state index contributed by atoms with van der Waals surface area (Å²) < 4.78 is 11.2. The Labute approximate surface area is 195 Å². The van der Waals surface area contributed by atoms with Crippen molar-refractivity contribution in [2.24, 2.45) is 4.99 Å². The van der Waals surface area contributed by atoms with Crippen molar-refractivity contribution < 1.29 is 14.3 Å². The second-order valence-electron chi connectivity index (χ2n) is 8.34. The predicted octanol–water partition coefficient (Wildman–Crippen LogP) is 5.19. The van der Waals surface area contributed by atoms with Crippen molar-refractivity contribution in [3.8, 4) is 5.75 Å². The van der Waals surface area contributed by atoms with E-state index in [1.807, 2.05) is 43.5 Å². The molecule has 6 heteroatoms. The standard InChI is InChI=1S/C27H33N3O3/c1-2-32-27(31)18-23(20-9-4-3-5-10-20)24-19-30-25-17-21(12-13-22(24)25)33-16-8-15-29-26-11-6-7-14-28-26/h3-5,9-10,12-13,17,19,23,30H,2,6-8,11,14-16,18H2,1H3,(H,28,29). The van der Waals surface area contributed by atoms with Gasteiger partial charge in [-0.25, -0.2) is 0 Å². The Bertz CT molecular complexity index is 1070. The molecule has 0 spiro atoms. The molecule has 0 saturated carbocycles. The third-order valence-corrected chi connectivity index (χ3v) is 5.98. The number of hydrogen-bond donors (Lipinski definition) is 2. The molecular weight excluding hydrogens is 414 g/mol. The molecule has 2 heterocycles. The first-order valence-electron chi connectivity index (χ1n) is 12.0. The van der Waals surface area contributed by atoms with Gasteiger partial charge in [-0.3, -0.25) is 9.79 Å². The lowest BCUT2D eigenvalue weighted by Gasteiger charge is -2.16. The summed E-state index contributed by atoms with van der Waals surface area (Å²) in [6, 6.07) is 16.2.